The van der Waals surface area contributed by atoms with E-state index in [-0.39, 0.29) is 5.97 Å². The van der Waals surface area contributed by atoms with Gasteiger partial charge in [0.05, 0.1) is 6.61 Å². The SMILES string of the molecule is CC(C)CCCCCCCCCCCCOC(=O)CCCCCCCCCCCC(C)C. The number of unbranched alkanes of at least 4 members (excludes halogenated alkanes) is 17. The van der Waals surface area contributed by atoms with E-state index in [9.17, 15) is 4.79 Å². The van der Waals surface area contributed by atoms with Crippen LogP contribution in [0.1, 0.15) is 169 Å². The highest BCUT2D eigenvalue weighted by atomic mass is 16.5. The van der Waals surface area contributed by atoms with Gasteiger partial charge in [-0.15, -0.1) is 0 Å². The van der Waals surface area contributed by atoms with Crippen molar-refractivity contribution in [2.45, 2.75) is 169 Å². The largest absolute Gasteiger partial charge is 0.466 e. The van der Waals surface area contributed by atoms with Gasteiger partial charge in [0.2, 0.25) is 0 Å². The van der Waals surface area contributed by atoms with Crippen LogP contribution >= 0.6 is 0 Å². The normalized spacial score (nSPS) is 11.6. The molecule has 0 rings (SSSR count). The molecule has 0 spiro atoms. The summed E-state index contributed by atoms with van der Waals surface area (Å²) in [6.45, 7) is 9.90. The topological polar surface area (TPSA) is 26.3 Å². The maximum absolute atomic E-state index is 11.8. The fourth-order valence-corrected chi connectivity index (χ4v) is 4.39. The van der Waals surface area contributed by atoms with Crippen LogP contribution in [0, 0.1) is 11.8 Å². The van der Waals surface area contributed by atoms with Crippen LogP contribution in [0.2, 0.25) is 0 Å². The molecule has 0 N–H and O–H groups in total. The lowest BCUT2D eigenvalue weighted by molar-refractivity contribution is -0.143. The van der Waals surface area contributed by atoms with Crippen molar-refractivity contribution < 1.29 is 9.53 Å². The lowest BCUT2D eigenvalue weighted by Crippen LogP contribution is -2.05. The summed E-state index contributed by atoms with van der Waals surface area (Å²) in [4.78, 5) is 11.8. The Kier molecular flexibility index (Phi) is 24.7. The molecule has 0 radical (unpaired) electrons. The molecule has 2 nitrogen and oxygen atoms in total. The maximum Gasteiger partial charge on any atom is 0.305 e. The Morgan fingerprint density at radius 2 is 0.781 bits per heavy atom. The van der Waals surface area contributed by atoms with Gasteiger partial charge < -0.3 is 4.74 Å². The standard InChI is InChI=1S/C30H60O2/c1-28(2)24-20-16-12-8-5-6-11-15-19-23-27-32-30(31)26-22-18-14-10-7-9-13-17-21-25-29(3)4/h28-29H,5-27H2,1-4H3. The van der Waals surface area contributed by atoms with Gasteiger partial charge in [0.1, 0.15) is 0 Å². The van der Waals surface area contributed by atoms with Crippen molar-refractivity contribution in [3.8, 4) is 0 Å². The molecular formula is C30H60O2. The fraction of sp³-hybridized carbons (Fsp3) is 0.967. The van der Waals surface area contributed by atoms with Gasteiger partial charge in [-0.2, -0.15) is 0 Å². The smallest absolute Gasteiger partial charge is 0.305 e. The molecule has 0 unspecified atom stereocenters. The first kappa shape index (κ1) is 31.5. The molecule has 0 saturated heterocycles. The lowest BCUT2D eigenvalue weighted by Gasteiger charge is -2.06. The van der Waals surface area contributed by atoms with Crippen molar-refractivity contribution in [1.29, 1.82) is 0 Å². The highest BCUT2D eigenvalue weighted by molar-refractivity contribution is 5.69. The summed E-state index contributed by atoms with van der Waals surface area (Å²) in [6, 6.07) is 0. The number of ether oxygens (including phenoxy) is 1. The van der Waals surface area contributed by atoms with Crippen LogP contribution in [0.15, 0.2) is 0 Å². The van der Waals surface area contributed by atoms with Gasteiger partial charge in [0.25, 0.3) is 0 Å². The Bertz CT molecular complexity index is 375. The number of esters is 1. The van der Waals surface area contributed by atoms with E-state index in [2.05, 4.69) is 27.7 Å². The number of rotatable bonds is 25. The summed E-state index contributed by atoms with van der Waals surface area (Å²) < 4.78 is 5.40. The first-order chi connectivity index (χ1) is 15.5. The second kappa shape index (κ2) is 25.1. The van der Waals surface area contributed by atoms with Crippen LogP contribution in [0.5, 0.6) is 0 Å². The molecule has 0 aliphatic carbocycles. The van der Waals surface area contributed by atoms with Gasteiger partial charge in [0.15, 0.2) is 0 Å². The van der Waals surface area contributed by atoms with E-state index in [4.69, 9.17) is 4.74 Å². The van der Waals surface area contributed by atoms with E-state index < -0.39 is 0 Å². The maximum atomic E-state index is 11.8. The van der Waals surface area contributed by atoms with Gasteiger partial charge in [-0.05, 0) is 24.7 Å². The average molecular weight is 453 g/mol. The molecule has 0 aromatic carbocycles. The minimum atomic E-state index is 0.0209. The molecule has 0 saturated carbocycles. The average Bonchev–Trinajstić information content (AvgIpc) is 2.74. The zero-order valence-corrected chi connectivity index (χ0v) is 22.7. The molecule has 32 heavy (non-hydrogen) atoms. The monoisotopic (exact) mass is 452 g/mol. The van der Waals surface area contributed by atoms with Crippen LogP contribution in [0.3, 0.4) is 0 Å². The van der Waals surface area contributed by atoms with Crippen molar-refractivity contribution in [3.05, 3.63) is 0 Å². The first-order valence-electron chi connectivity index (χ1n) is 14.7. The van der Waals surface area contributed by atoms with E-state index in [1.165, 1.54) is 122 Å². The quantitative estimate of drug-likeness (QED) is 0.102. The summed E-state index contributed by atoms with van der Waals surface area (Å²) in [5.41, 5.74) is 0. The molecule has 192 valence electrons. The minimum absolute atomic E-state index is 0.0209. The molecular weight excluding hydrogens is 392 g/mol. The Morgan fingerprint density at radius 1 is 0.469 bits per heavy atom. The second-order valence-corrected chi connectivity index (χ2v) is 11.1. The van der Waals surface area contributed by atoms with Crippen LogP contribution in [-0.4, -0.2) is 12.6 Å². The van der Waals surface area contributed by atoms with Crippen LogP contribution in [0.4, 0.5) is 0 Å². The van der Waals surface area contributed by atoms with Gasteiger partial charge >= 0.3 is 5.97 Å². The molecule has 0 amide bonds. The highest BCUT2D eigenvalue weighted by Crippen LogP contribution is 2.15. The fourth-order valence-electron chi connectivity index (χ4n) is 4.39. The van der Waals surface area contributed by atoms with Crippen molar-refractivity contribution in [1.82, 2.24) is 0 Å². The van der Waals surface area contributed by atoms with Gasteiger partial charge in [-0.3, -0.25) is 4.79 Å². The first-order valence-corrected chi connectivity index (χ1v) is 14.7. The Labute approximate surface area is 203 Å². The highest BCUT2D eigenvalue weighted by Gasteiger charge is 2.03. The molecule has 0 heterocycles. The third-order valence-corrected chi connectivity index (χ3v) is 6.60. The third-order valence-electron chi connectivity index (χ3n) is 6.60. The number of hydrogen-bond acceptors (Lipinski definition) is 2. The Hall–Kier alpha value is -0.530. The van der Waals surface area contributed by atoms with Gasteiger partial charge in [-0.25, -0.2) is 0 Å². The zero-order valence-electron chi connectivity index (χ0n) is 22.7. The molecule has 0 atom stereocenters. The van der Waals surface area contributed by atoms with E-state index in [0.29, 0.717) is 13.0 Å². The Balaban J connectivity index is 3.16. The second-order valence-electron chi connectivity index (χ2n) is 11.1. The zero-order chi connectivity index (χ0) is 23.7. The molecule has 0 aliphatic rings. The van der Waals surface area contributed by atoms with Crippen molar-refractivity contribution in [2.75, 3.05) is 6.61 Å². The molecule has 0 bridgehead atoms. The van der Waals surface area contributed by atoms with E-state index in [1.807, 2.05) is 0 Å². The van der Waals surface area contributed by atoms with E-state index >= 15 is 0 Å². The molecule has 0 aliphatic heterocycles. The third kappa shape index (κ3) is 27.5. The number of carbonyl (C=O) groups is 1. The van der Waals surface area contributed by atoms with Gasteiger partial charge in [-0.1, -0.05) is 150 Å². The summed E-state index contributed by atoms with van der Waals surface area (Å²) in [6.07, 6.45) is 28.5. The molecule has 0 fully saturated rings. The van der Waals surface area contributed by atoms with E-state index in [1.54, 1.807) is 0 Å². The summed E-state index contributed by atoms with van der Waals surface area (Å²) in [5, 5.41) is 0. The summed E-state index contributed by atoms with van der Waals surface area (Å²) in [7, 11) is 0. The van der Waals surface area contributed by atoms with Crippen LogP contribution < -0.4 is 0 Å². The van der Waals surface area contributed by atoms with E-state index in [0.717, 1.165) is 24.7 Å². The summed E-state index contributed by atoms with van der Waals surface area (Å²) >= 11 is 0. The van der Waals surface area contributed by atoms with Crippen molar-refractivity contribution >= 4 is 5.97 Å². The molecule has 2 heteroatoms. The molecule has 0 aromatic heterocycles. The van der Waals surface area contributed by atoms with Crippen molar-refractivity contribution in [3.63, 3.8) is 0 Å². The van der Waals surface area contributed by atoms with Gasteiger partial charge in [0, 0.05) is 6.42 Å². The Morgan fingerprint density at radius 3 is 1.16 bits per heavy atom. The minimum Gasteiger partial charge on any atom is -0.466 e. The number of carbonyl (C=O) groups excluding carboxylic acids is 1. The van der Waals surface area contributed by atoms with Crippen LogP contribution in [-0.2, 0) is 9.53 Å². The predicted molar refractivity (Wildman–Crippen MR) is 142 cm³/mol. The predicted octanol–water partition coefficient (Wildman–Crippen LogP) is 10.4. The lowest BCUT2D eigenvalue weighted by atomic mass is 10.0. The number of hydrogen-bond donors (Lipinski definition) is 0. The van der Waals surface area contributed by atoms with Crippen molar-refractivity contribution in [2.24, 2.45) is 11.8 Å². The molecule has 0 aromatic rings. The summed E-state index contributed by atoms with van der Waals surface area (Å²) in [5.74, 6) is 1.74. The van der Waals surface area contributed by atoms with Crippen LogP contribution in [0.25, 0.3) is 0 Å².